The van der Waals surface area contributed by atoms with Crippen LogP contribution in [0.1, 0.15) is 217 Å². The van der Waals surface area contributed by atoms with Gasteiger partial charge in [0.25, 0.3) is 6.47 Å². The maximum Gasteiger partial charge on any atom is 1.00 e. The van der Waals surface area contributed by atoms with E-state index in [0.29, 0.717) is 6.92 Å². The summed E-state index contributed by atoms with van der Waals surface area (Å²) in [5, 5.41) is 26.7. The number of ether oxygens (including phenoxy) is 1. The van der Waals surface area contributed by atoms with Gasteiger partial charge in [-0.25, -0.2) is 13.2 Å². The van der Waals surface area contributed by atoms with Crippen molar-refractivity contribution in [2.24, 2.45) is 0 Å². The number of terminal acetylenes is 2. The van der Waals surface area contributed by atoms with Gasteiger partial charge in [-0.1, -0.05) is 175 Å². The number of unbranched alkanes of at least 4 members (excludes halogenated alkanes) is 1. The van der Waals surface area contributed by atoms with Gasteiger partial charge >= 0.3 is 180 Å². The molecular formula is C53H116BBr3F9K2Na2O8. The summed E-state index contributed by atoms with van der Waals surface area (Å²) < 4.78 is 101. The van der Waals surface area contributed by atoms with E-state index in [1.807, 2.05) is 130 Å². The average Bonchev–Trinajstić information content (AvgIpc) is 3.34. The molecule has 0 amide bonds. The molecule has 0 fully saturated rings. The normalized spacial score (nSPS) is 6.15. The van der Waals surface area contributed by atoms with Gasteiger partial charge in [0, 0.05) is 39.4 Å². The Morgan fingerprint density at radius 1 is 0.628 bits per heavy atom. The van der Waals surface area contributed by atoms with Crippen molar-refractivity contribution < 1.29 is 244 Å². The second-order valence-corrected chi connectivity index (χ2v) is 10.6. The van der Waals surface area contributed by atoms with Crippen LogP contribution in [0.5, 0.6) is 0 Å². The summed E-state index contributed by atoms with van der Waals surface area (Å²) in [4.78, 5) is 20.1. The monoisotopic (exact) mass is 1420 g/mol. The van der Waals surface area contributed by atoms with E-state index in [9.17, 15) is 39.5 Å². The molecule has 0 aliphatic heterocycles. The molecule has 78 heavy (non-hydrogen) atoms. The maximum absolute atomic E-state index is 11.3. The molecule has 0 aliphatic carbocycles. The number of rotatable bonds is 3. The Hall–Kier alpha value is 2.73. The number of aldehydes is 1. The van der Waals surface area contributed by atoms with E-state index in [4.69, 9.17) is 31.5 Å². The van der Waals surface area contributed by atoms with Gasteiger partial charge in [-0.3, -0.25) is 4.79 Å². The van der Waals surface area contributed by atoms with Crippen molar-refractivity contribution in [1.29, 1.82) is 0 Å². The van der Waals surface area contributed by atoms with Crippen LogP contribution in [-0.2, 0) is 19.2 Å². The van der Waals surface area contributed by atoms with Crippen molar-refractivity contribution in [2.75, 3.05) is 31.0 Å². The number of aliphatic hydroxyl groups excluding tert-OH is 1. The Morgan fingerprint density at radius 3 is 0.744 bits per heavy atom. The van der Waals surface area contributed by atoms with Crippen LogP contribution >= 0.6 is 48.8 Å². The Labute approximate surface area is 640 Å². The quantitative estimate of drug-likeness (QED) is 0.0419. The van der Waals surface area contributed by atoms with Crippen molar-refractivity contribution in [3.63, 3.8) is 0 Å². The zero-order valence-corrected chi connectivity index (χ0v) is 68.9. The minimum atomic E-state index is -2.91. The molecule has 0 atom stereocenters. The number of alkyl halides is 2. The molecule has 0 aromatic rings. The molecular weight excluding hydrogens is 1310 g/mol. The van der Waals surface area contributed by atoms with Crippen LogP contribution in [0.3, 0.4) is 0 Å². The molecule has 0 saturated carbocycles. The van der Waals surface area contributed by atoms with Gasteiger partial charge in [0.15, 0.2) is 5.83 Å². The van der Waals surface area contributed by atoms with Crippen LogP contribution in [0.2, 0.25) is 0 Å². The Kier molecular flexibility index (Phi) is 640. The molecule has 0 bridgehead atoms. The summed E-state index contributed by atoms with van der Waals surface area (Å²) in [5.41, 5.74) is -0.931. The third kappa shape index (κ3) is 921. The molecule has 0 unspecified atom stereocenters. The SMILES string of the molecule is Br.C.C.C#CC.C#CC(C)(C)O.C/C(F)=C(/C)F.CC.CC.CC.CC.CC.CC#CC.CC(F)=C(F)F.CC=CC.CC=O.CCBr.CCBr.CCCC.CCO.CCOC.FC(F)=C(F)F.O=CO[O-].[B].[H-].[H-].[K+].[K+].[Na+].[Na+].[OH-]. The van der Waals surface area contributed by atoms with Crippen LogP contribution in [0.4, 0.5) is 39.5 Å². The van der Waals surface area contributed by atoms with E-state index < -0.39 is 41.3 Å². The fourth-order valence-corrected chi connectivity index (χ4v) is 0. The minimum Gasteiger partial charge on any atom is -1.00 e. The smallest absolute Gasteiger partial charge is 1.00 e. The molecule has 0 aliphatic rings. The topological polar surface area (TPSA) is 146 Å². The first kappa shape index (κ1) is 185. The zero-order valence-electron chi connectivity index (χ0n) is 55.7. The summed E-state index contributed by atoms with van der Waals surface area (Å²) in [5.74, 6) is 6.88. The van der Waals surface area contributed by atoms with Crippen LogP contribution < -0.4 is 167 Å². The fourth-order valence-electron chi connectivity index (χ4n) is 0. The van der Waals surface area contributed by atoms with E-state index in [1.54, 1.807) is 34.8 Å². The molecule has 0 spiro atoms. The molecule has 25 heteroatoms. The first-order valence-corrected chi connectivity index (χ1v) is 24.2. The second kappa shape index (κ2) is 271. The number of allylic oxidation sites excluding steroid dienone is 5. The van der Waals surface area contributed by atoms with Crippen LogP contribution in [-0.4, -0.2) is 73.4 Å². The molecule has 3 radical (unpaired) electrons. The van der Waals surface area contributed by atoms with Gasteiger partial charge in [0.2, 0.25) is 0 Å². The van der Waals surface area contributed by atoms with Crippen LogP contribution in [0.25, 0.3) is 0 Å². The summed E-state index contributed by atoms with van der Waals surface area (Å²) >= 11 is 6.29. The van der Waals surface area contributed by atoms with E-state index in [0.717, 1.165) is 37.4 Å². The van der Waals surface area contributed by atoms with E-state index >= 15 is 0 Å². The van der Waals surface area contributed by atoms with E-state index in [2.05, 4.69) is 85.4 Å². The third-order valence-corrected chi connectivity index (χ3v) is 2.64. The van der Waals surface area contributed by atoms with Gasteiger partial charge in [0.1, 0.15) is 23.5 Å². The first-order valence-electron chi connectivity index (χ1n) is 22.0. The number of aliphatic hydroxyl groups is 2. The van der Waals surface area contributed by atoms with Crippen LogP contribution in [0.15, 0.2) is 47.9 Å². The number of hydrogen-bond acceptors (Lipinski definition) is 8. The van der Waals surface area contributed by atoms with E-state index in [1.165, 1.54) is 19.8 Å². The van der Waals surface area contributed by atoms with Crippen molar-refractivity contribution >= 4 is 70.0 Å². The number of halogens is 12. The number of carbonyl (C=O) groups is 2. The standard InChI is InChI=1S/C5H8O.C4H6F2.C4H10.C4H8.C4H6.C3H3F3.C3H8O.C3H4.2C2H5Br.C2F4.C2H6O.C2H4O.5C2H6.CH2O3.2CH4.B.BrH.2K.2Na.H2O.2H/c1-4-5(2,3)6;1-3(5)4(2)6;3*1-3-4-2;1-2(4)3(5)6;1-3-4-2;1-3-2;2*1-2-3;3-1(4)2(5)6;2*1-2-3;5*1-2;2-1-4-3;;;;;;;;;;;/h1,6H,2-3H3;1-2H3;3-4H2,1-2H3;3-4H,1-2H3;1-2H3;1H3;3H2,1-2H3;1H,2H3;2*2H2,1H3;;3H,2H2,1H3;2H,1H3;5*1-2H3;1,3H;2*1H4;;1H;;;;;1H2;;/q;;;;;;;;;;;;;;;;;;;;;;;4*+1;;2*-1/p-2/b;4-3+;;;;;;;;;;;;;;;;;;;;;;;;;;;;. The van der Waals surface area contributed by atoms with Crippen LogP contribution in [0, 0.1) is 36.5 Å². The maximum atomic E-state index is 11.3. The molecule has 467 valence electrons. The number of methoxy groups -OCH3 is 1. The third-order valence-electron chi connectivity index (χ3n) is 2.64. The molecule has 0 aromatic carbocycles. The summed E-state index contributed by atoms with van der Waals surface area (Å²) in [6.07, 6.45) is 8.74. The largest absolute Gasteiger partial charge is 1.00 e. The molecule has 0 aromatic heterocycles. The molecule has 0 saturated heterocycles. The Morgan fingerprint density at radius 2 is 0.744 bits per heavy atom. The summed E-state index contributed by atoms with van der Waals surface area (Å²) in [6, 6.07) is 0. The number of hydrogen-bond donors (Lipinski definition) is 2. The van der Waals surface area contributed by atoms with Crippen molar-refractivity contribution in [3.8, 4) is 36.5 Å². The van der Waals surface area contributed by atoms with Gasteiger partial charge in [-0.15, -0.1) is 47.6 Å². The first-order chi connectivity index (χ1) is 32.1. The molecule has 0 rings (SSSR count). The Balaban J connectivity index is -0.0000000118. The average molecular weight is 1430 g/mol. The van der Waals surface area contributed by atoms with Gasteiger partial charge < -0.3 is 38.2 Å². The second-order valence-electron chi connectivity index (χ2n) is 8.40. The predicted molar refractivity (Wildman–Crippen MR) is 326 cm³/mol. The number of carbonyl (C=O) groups excluding carboxylic acids is 2. The van der Waals surface area contributed by atoms with Crippen molar-refractivity contribution in [1.82, 2.24) is 0 Å². The zero-order chi connectivity index (χ0) is 61.3. The van der Waals surface area contributed by atoms with E-state index in [-0.39, 0.29) is 224 Å². The Bertz CT molecular complexity index is 931. The molecule has 0 heterocycles. The fraction of sp³-hybridized carbons (Fsp3) is 0.698. The van der Waals surface area contributed by atoms with Gasteiger partial charge in [0.05, 0.1) is 0 Å². The predicted octanol–water partition coefficient (Wildman–Crippen LogP) is 8.46. The van der Waals surface area contributed by atoms with Gasteiger partial charge in [-0.05, 0) is 90.0 Å². The summed E-state index contributed by atoms with van der Waals surface area (Å²) in [7, 11) is 1.68. The summed E-state index contributed by atoms with van der Waals surface area (Å²) in [6.45, 7) is 49.7. The van der Waals surface area contributed by atoms with Crippen molar-refractivity contribution in [2.45, 2.75) is 220 Å². The molecule has 8 nitrogen and oxygen atoms in total. The van der Waals surface area contributed by atoms with Crippen molar-refractivity contribution in [3.05, 3.63) is 47.9 Å². The van der Waals surface area contributed by atoms with Gasteiger partial charge in [-0.2, -0.15) is 26.3 Å². The minimum absolute atomic E-state index is 0. The molecule has 3 N–H and O–H groups in total.